The van der Waals surface area contributed by atoms with Gasteiger partial charge in [0.1, 0.15) is 10.8 Å². The van der Waals surface area contributed by atoms with Crippen LogP contribution in [0.15, 0.2) is 29.8 Å². The molecule has 1 N–H and O–H groups in total. The molecule has 2 atom stereocenters. The van der Waals surface area contributed by atoms with E-state index in [9.17, 15) is 0 Å². The summed E-state index contributed by atoms with van der Waals surface area (Å²) in [5.74, 6) is 1.06. The number of aryl methyl sites for hydroxylation is 1. The standard InChI is InChI=1S/C16H20N2OS/c1-11-5-3-6-13-14(7-4-9-19-15(11)13)18-12(2)16-17-8-10-20-16/h3,5-6,8,10,12,14,18H,4,7,9H2,1-2H3. The SMILES string of the molecule is Cc1cccc2c1OCCCC2NC(C)c1nccs1. The molecule has 1 aliphatic rings. The van der Waals surface area contributed by atoms with Crippen LogP contribution in [0.1, 0.15) is 48.0 Å². The number of hydrogen-bond acceptors (Lipinski definition) is 4. The average Bonchev–Trinajstić information content (AvgIpc) is 2.90. The number of ether oxygens (including phenoxy) is 1. The first-order valence-corrected chi connectivity index (χ1v) is 8.01. The van der Waals surface area contributed by atoms with Gasteiger partial charge in [0.2, 0.25) is 0 Å². The maximum atomic E-state index is 5.93. The molecule has 1 aromatic carbocycles. The lowest BCUT2D eigenvalue weighted by molar-refractivity contribution is 0.312. The fourth-order valence-corrected chi connectivity index (χ4v) is 3.41. The van der Waals surface area contributed by atoms with Gasteiger partial charge in [-0.15, -0.1) is 11.3 Å². The predicted octanol–water partition coefficient (Wildman–Crippen LogP) is 4.02. The molecule has 106 valence electrons. The summed E-state index contributed by atoms with van der Waals surface area (Å²) in [6.45, 7) is 5.10. The molecule has 20 heavy (non-hydrogen) atoms. The summed E-state index contributed by atoms with van der Waals surface area (Å²) in [5.41, 5.74) is 2.50. The van der Waals surface area contributed by atoms with E-state index in [1.54, 1.807) is 11.3 Å². The van der Waals surface area contributed by atoms with E-state index in [2.05, 4.69) is 42.3 Å². The van der Waals surface area contributed by atoms with Gasteiger partial charge in [0.25, 0.3) is 0 Å². The second-order valence-electron chi connectivity index (χ2n) is 5.30. The van der Waals surface area contributed by atoms with Crippen molar-refractivity contribution in [2.24, 2.45) is 0 Å². The lowest BCUT2D eigenvalue weighted by Crippen LogP contribution is -2.24. The highest BCUT2D eigenvalue weighted by Crippen LogP contribution is 2.35. The Morgan fingerprint density at radius 1 is 1.45 bits per heavy atom. The van der Waals surface area contributed by atoms with Crippen LogP contribution < -0.4 is 10.1 Å². The molecule has 1 aromatic heterocycles. The summed E-state index contributed by atoms with van der Waals surface area (Å²) < 4.78 is 5.93. The third-order valence-corrected chi connectivity index (χ3v) is 4.73. The Kier molecular flexibility index (Phi) is 4.03. The zero-order valence-corrected chi connectivity index (χ0v) is 12.7. The largest absolute Gasteiger partial charge is 0.493 e. The van der Waals surface area contributed by atoms with E-state index < -0.39 is 0 Å². The lowest BCUT2D eigenvalue weighted by Gasteiger charge is -2.22. The molecular weight excluding hydrogens is 268 g/mol. The molecule has 2 aromatic rings. The summed E-state index contributed by atoms with van der Waals surface area (Å²) in [7, 11) is 0. The van der Waals surface area contributed by atoms with Gasteiger partial charge in [0.15, 0.2) is 0 Å². The van der Waals surface area contributed by atoms with Crippen LogP contribution in [0.4, 0.5) is 0 Å². The Bertz CT molecular complexity index is 568. The molecule has 3 nitrogen and oxygen atoms in total. The number of aromatic nitrogens is 1. The van der Waals surface area contributed by atoms with Gasteiger partial charge in [-0.25, -0.2) is 4.98 Å². The zero-order chi connectivity index (χ0) is 13.9. The van der Waals surface area contributed by atoms with Gasteiger partial charge < -0.3 is 10.1 Å². The number of nitrogens with one attached hydrogen (secondary N) is 1. The normalized spacial score (nSPS) is 19.8. The molecule has 0 amide bonds. The van der Waals surface area contributed by atoms with E-state index >= 15 is 0 Å². The van der Waals surface area contributed by atoms with Crippen molar-refractivity contribution >= 4 is 11.3 Å². The molecule has 0 saturated carbocycles. The van der Waals surface area contributed by atoms with Crippen molar-refractivity contribution in [3.05, 3.63) is 45.9 Å². The first-order chi connectivity index (χ1) is 9.75. The summed E-state index contributed by atoms with van der Waals surface area (Å²) in [4.78, 5) is 4.40. The van der Waals surface area contributed by atoms with Crippen molar-refractivity contribution in [3.8, 4) is 5.75 Å². The quantitative estimate of drug-likeness (QED) is 0.926. The minimum atomic E-state index is 0.270. The molecule has 0 spiro atoms. The lowest BCUT2D eigenvalue weighted by atomic mass is 9.99. The third kappa shape index (κ3) is 2.72. The number of thiazole rings is 1. The molecule has 2 heterocycles. The van der Waals surface area contributed by atoms with Gasteiger partial charge in [-0.05, 0) is 32.3 Å². The second kappa shape index (κ2) is 5.94. The average molecular weight is 288 g/mol. The van der Waals surface area contributed by atoms with Gasteiger partial charge in [-0.2, -0.15) is 0 Å². The zero-order valence-electron chi connectivity index (χ0n) is 11.9. The molecule has 0 aliphatic carbocycles. The van der Waals surface area contributed by atoms with Crippen molar-refractivity contribution in [2.45, 2.75) is 38.8 Å². The molecule has 2 unspecified atom stereocenters. The Balaban J connectivity index is 1.85. The van der Waals surface area contributed by atoms with Crippen molar-refractivity contribution in [1.29, 1.82) is 0 Å². The van der Waals surface area contributed by atoms with Gasteiger partial charge >= 0.3 is 0 Å². The highest BCUT2D eigenvalue weighted by Gasteiger charge is 2.23. The highest BCUT2D eigenvalue weighted by atomic mass is 32.1. The van der Waals surface area contributed by atoms with Gasteiger partial charge in [0, 0.05) is 23.2 Å². The van der Waals surface area contributed by atoms with E-state index in [1.165, 1.54) is 11.1 Å². The molecule has 0 bridgehead atoms. The molecule has 1 aliphatic heterocycles. The van der Waals surface area contributed by atoms with Crippen molar-refractivity contribution in [1.82, 2.24) is 10.3 Å². The van der Waals surface area contributed by atoms with E-state index in [-0.39, 0.29) is 6.04 Å². The topological polar surface area (TPSA) is 34.1 Å². The fraction of sp³-hybridized carbons (Fsp3) is 0.438. The number of nitrogens with zero attached hydrogens (tertiary/aromatic N) is 1. The van der Waals surface area contributed by atoms with Crippen LogP contribution in [0.3, 0.4) is 0 Å². The van der Waals surface area contributed by atoms with E-state index in [4.69, 9.17) is 4.74 Å². The molecule has 0 fully saturated rings. The van der Waals surface area contributed by atoms with Crippen molar-refractivity contribution < 1.29 is 4.74 Å². The van der Waals surface area contributed by atoms with Crippen LogP contribution in [0.2, 0.25) is 0 Å². The van der Waals surface area contributed by atoms with Crippen LogP contribution >= 0.6 is 11.3 Å². The monoisotopic (exact) mass is 288 g/mol. The molecule has 3 rings (SSSR count). The molecular formula is C16H20N2OS. The molecule has 4 heteroatoms. The number of fused-ring (bicyclic) bond motifs is 1. The van der Waals surface area contributed by atoms with E-state index in [0.29, 0.717) is 6.04 Å². The number of rotatable bonds is 3. The van der Waals surface area contributed by atoms with Crippen LogP contribution in [-0.4, -0.2) is 11.6 Å². The van der Waals surface area contributed by atoms with Crippen LogP contribution in [0, 0.1) is 6.92 Å². The van der Waals surface area contributed by atoms with Crippen LogP contribution in [0.25, 0.3) is 0 Å². The van der Waals surface area contributed by atoms with Crippen molar-refractivity contribution in [3.63, 3.8) is 0 Å². The molecule has 0 saturated heterocycles. The van der Waals surface area contributed by atoms with Gasteiger partial charge in [-0.1, -0.05) is 18.2 Å². The minimum absolute atomic E-state index is 0.270. The summed E-state index contributed by atoms with van der Waals surface area (Å²) >= 11 is 1.70. The first-order valence-electron chi connectivity index (χ1n) is 7.13. The van der Waals surface area contributed by atoms with Crippen LogP contribution in [0.5, 0.6) is 5.75 Å². The maximum Gasteiger partial charge on any atom is 0.126 e. The number of benzene rings is 1. The van der Waals surface area contributed by atoms with Gasteiger partial charge in [-0.3, -0.25) is 0 Å². The summed E-state index contributed by atoms with van der Waals surface area (Å²) in [6, 6.07) is 7.02. The number of para-hydroxylation sites is 1. The Morgan fingerprint density at radius 3 is 3.15 bits per heavy atom. The number of hydrogen-bond donors (Lipinski definition) is 1. The van der Waals surface area contributed by atoms with Crippen molar-refractivity contribution in [2.75, 3.05) is 6.61 Å². The maximum absolute atomic E-state index is 5.93. The smallest absolute Gasteiger partial charge is 0.126 e. The highest BCUT2D eigenvalue weighted by molar-refractivity contribution is 7.09. The Morgan fingerprint density at radius 2 is 2.35 bits per heavy atom. The summed E-state index contributed by atoms with van der Waals surface area (Å²) in [6.07, 6.45) is 4.05. The first kappa shape index (κ1) is 13.6. The minimum Gasteiger partial charge on any atom is -0.493 e. The predicted molar refractivity (Wildman–Crippen MR) is 82.3 cm³/mol. The third-order valence-electron chi connectivity index (χ3n) is 3.77. The Hall–Kier alpha value is -1.39. The second-order valence-corrected chi connectivity index (χ2v) is 6.22. The Labute approximate surface area is 124 Å². The van der Waals surface area contributed by atoms with E-state index in [0.717, 1.165) is 30.2 Å². The van der Waals surface area contributed by atoms with Crippen LogP contribution in [-0.2, 0) is 0 Å². The fourth-order valence-electron chi connectivity index (χ4n) is 2.76. The molecule has 0 radical (unpaired) electrons. The summed E-state index contributed by atoms with van der Waals surface area (Å²) in [5, 5.41) is 6.89. The van der Waals surface area contributed by atoms with Gasteiger partial charge in [0.05, 0.1) is 12.6 Å². The van der Waals surface area contributed by atoms with E-state index in [1.807, 2.05) is 11.6 Å².